The highest BCUT2D eigenvalue weighted by Crippen LogP contribution is 2.37. The van der Waals surface area contributed by atoms with Crippen molar-refractivity contribution >= 4 is 16.5 Å². The van der Waals surface area contributed by atoms with Gasteiger partial charge in [-0.05, 0) is 44.9 Å². The fourth-order valence-corrected chi connectivity index (χ4v) is 4.51. The zero-order valence-electron chi connectivity index (χ0n) is 11.2. The molecule has 1 saturated heterocycles. The molecule has 4 heteroatoms. The lowest BCUT2D eigenvalue weighted by molar-refractivity contribution is 0.448. The Morgan fingerprint density at radius 1 is 1.33 bits per heavy atom. The molecule has 0 saturated carbocycles. The minimum atomic E-state index is 0.184. The van der Waals surface area contributed by atoms with Gasteiger partial charge in [0.2, 0.25) is 0 Å². The Hall–Kier alpha value is -0.610. The molecule has 3 nitrogen and oxygen atoms in total. The third-order valence-electron chi connectivity index (χ3n) is 4.33. The first-order valence-corrected chi connectivity index (χ1v) is 8.13. The van der Waals surface area contributed by atoms with Crippen molar-refractivity contribution in [3.63, 3.8) is 0 Å². The summed E-state index contributed by atoms with van der Waals surface area (Å²) in [6, 6.07) is 0.881. The molecule has 1 aromatic rings. The van der Waals surface area contributed by atoms with E-state index in [2.05, 4.69) is 11.8 Å². The van der Waals surface area contributed by atoms with E-state index >= 15 is 0 Å². The summed E-state index contributed by atoms with van der Waals surface area (Å²) in [5.41, 5.74) is 7.38. The average molecular weight is 265 g/mol. The Morgan fingerprint density at radius 3 is 3.00 bits per heavy atom. The molecular weight excluding hydrogens is 242 g/mol. The summed E-state index contributed by atoms with van der Waals surface area (Å²) in [4.78, 5) is 8.86. The third-order valence-corrected chi connectivity index (χ3v) is 5.50. The zero-order valence-corrected chi connectivity index (χ0v) is 12.0. The fourth-order valence-electron chi connectivity index (χ4n) is 3.24. The van der Waals surface area contributed by atoms with Gasteiger partial charge in [0.25, 0.3) is 0 Å². The first-order valence-electron chi connectivity index (χ1n) is 7.31. The predicted octanol–water partition coefficient (Wildman–Crippen LogP) is 3.25. The maximum atomic E-state index is 6.18. The minimum absolute atomic E-state index is 0.184. The van der Waals surface area contributed by atoms with Crippen LogP contribution in [0, 0.1) is 0 Å². The highest BCUT2D eigenvalue weighted by Gasteiger charge is 2.27. The van der Waals surface area contributed by atoms with Gasteiger partial charge in [-0.3, -0.25) is 0 Å². The van der Waals surface area contributed by atoms with E-state index in [4.69, 9.17) is 10.7 Å². The molecule has 1 fully saturated rings. The maximum absolute atomic E-state index is 6.18. The number of aryl methyl sites for hydroxylation is 1. The molecule has 0 bridgehead atoms. The van der Waals surface area contributed by atoms with Crippen LogP contribution in [0.15, 0.2) is 0 Å². The summed E-state index contributed by atoms with van der Waals surface area (Å²) in [5, 5.41) is 1.24. The molecule has 2 unspecified atom stereocenters. The Bertz CT molecular complexity index is 415. The van der Waals surface area contributed by atoms with Crippen LogP contribution >= 0.6 is 11.3 Å². The van der Waals surface area contributed by atoms with Crippen LogP contribution in [0.4, 0.5) is 5.13 Å². The van der Waals surface area contributed by atoms with Gasteiger partial charge < -0.3 is 10.6 Å². The third kappa shape index (κ3) is 2.16. The summed E-state index contributed by atoms with van der Waals surface area (Å²) in [7, 11) is 0. The van der Waals surface area contributed by atoms with E-state index in [0.29, 0.717) is 6.04 Å². The van der Waals surface area contributed by atoms with Crippen molar-refractivity contribution in [1.29, 1.82) is 0 Å². The van der Waals surface area contributed by atoms with Gasteiger partial charge in [-0.2, -0.15) is 0 Å². The van der Waals surface area contributed by atoms with Crippen molar-refractivity contribution in [3.05, 3.63) is 10.6 Å². The Morgan fingerprint density at radius 2 is 2.22 bits per heavy atom. The summed E-state index contributed by atoms with van der Waals surface area (Å²) in [6.45, 7) is 3.47. The van der Waals surface area contributed by atoms with E-state index in [1.54, 1.807) is 0 Å². The lowest BCUT2D eigenvalue weighted by Crippen LogP contribution is -2.39. The van der Waals surface area contributed by atoms with E-state index in [-0.39, 0.29) is 6.04 Å². The van der Waals surface area contributed by atoms with Crippen molar-refractivity contribution in [2.75, 3.05) is 11.4 Å². The van der Waals surface area contributed by atoms with Gasteiger partial charge in [0, 0.05) is 23.5 Å². The van der Waals surface area contributed by atoms with Crippen LogP contribution < -0.4 is 10.6 Å². The number of nitrogens with two attached hydrogens (primary N) is 1. The van der Waals surface area contributed by atoms with Gasteiger partial charge in [0.1, 0.15) is 0 Å². The number of hydrogen-bond acceptors (Lipinski definition) is 4. The van der Waals surface area contributed by atoms with Gasteiger partial charge >= 0.3 is 0 Å². The summed E-state index contributed by atoms with van der Waals surface area (Å²) >= 11 is 1.90. The molecule has 100 valence electrons. The molecular formula is C14H23N3S. The second-order valence-electron chi connectivity index (χ2n) is 5.55. The van der Waals surface area contributed by atoms with Crippen molar-refractivity contribution in [2.24, 2.45) is 5.73 Å². The topological polar surface area (TPSA) is 42.2 Å². The summed E-state index contributed by atoms with van der Waals surface area (Å²) in [6.07, 6.45) is 8.77. The van der Waals surface area contributed by atoms with Crippen molar-refractivity contribution < 1.29 is 0 Å². The van der Waals surface area contributed by atoms with E-state index < -0.39 is 0 Å². The zero-order chi connectivity index (χ0) is 12.5. The second-order valence-corrected chi connectivity index (χ2v) is 6.62. The molecule has 2 aliphatic rings. The van der Waals surface area contributed by atoms with Gasteiger partial charge in [-0.25, -0.2) is 4.98 Å². The second kappa shape index (κ2) is 5.17. The van der Waals surface area contributed by atoms with Crippen LogP contribution in [-0.4, -0.2) is 17.6 Å². The highest BCUT2D eigenvalue weighted by atomic mass is 32.1. The van der Waals surface area contributed by atoms with Crippen LogP contribution in [0.2, 0.25) is 0 Å². The SMILES string of the molecule is CCC1CCCCN1c1nc2c(s1)CCCC2N. The fraction of sp³-hybridized carbons (Fsp3) is 0.786. The number of hydrogen-bond donors (Lipinski definition) is 1. The lowest BCUT2D eigenvalue weighted by Gasteiger charge is -2.35. The van der Waals surface area contributed by atoms with Crippen molar-refractivity contribution in [3.8, 4) is 0 Å². The number of rotatable bonds is 2. The smallest absolute Gasteiger partial charge is 0.186 e. The normalized spacial score (nSPS) is 28.2. The monoisotopic (exact) mass is 265 g/mol. The van der Waals surface area contributed by atoms with Gasteiger partial charge in [-0.1, -0.05) is 6.92 Å². The van der Waals surface area contributed by atoms with Crippen LogP contribution in [0.1, 0.15) is 62.1 Å². The molecule has 1 aliphatic heterocycles. The van der Waals surface area contributed by atoms with Gasteiger partial charge in [-0.15, -0.1) is 11.3 Å². The van der Waals surface area contributed by atoms with Crippen molar-refractivity contribution in [1.82, 2.24) is 4.98 Å². The van der Waals surface area contributed by atoms with Crippen LogP contribution in [-0.2, 0) is 6.42 Å². The molecule has 0 amide bonds. The largest absolute Gasteiger partial charge is 0.345 e. The molecule has 1 aliphatic carbocycles. The average Bonchev–Trinajstić information content (AvgIpc) is 2.84. The van der Waals surface area contributed by atoms with Crippen LogP contribution in [0.5, 0.6) is 0 Å². The number of aromatic nitrogens is 1. The predicted molar refractivity (Wildman–Crippen MR) is 77.3 cm³/mol. The Kier molecular flexibility index (Phi) is 3.57. The van der Waals surface area contributed by atoms with Gasteiger partial charge in [0.15, 0.2) is 5.13 Å². The molecule has 1 aromatic heterocycles. The molecule has 18 heavy (non-hydrogen) atoms. The van der Waals surface area contributed by atoms with Crippen molar-refractivity contribution in [2.45, 2.75) is 64.0 Å². The maximum Gasteiger partial charge on any atom is 0.186 e. The highest BCUT2D eigenvalue weighted by molar-refractivity contribution is 7.15. The van der Waals surface area contributed by atoms with E-state index in [0.717, 1.165) is 6.42 Å². The molecule has 3 rings (SSSR count). The van der Waals surface area contributed by atoms with E-state index in [9.17, 15) is 0 Å². The summed E-state index contributed by atoms with van der Waals surface area (Å²) in [5.74, 6) is 0. The Balaban J connectivity index is 1.87. The van der Waals surface area contributed by atoms with Crippen LogP contribution in [0.3, 0.4) is 0 Å². The number of fused-ring (bicyclic) bond motifs is 1. The van der Waals surface area contributed by atoms with Gasteiger partial charge in [0.05, 0.1) is 5.69 Å². The first kappa shape index (κ1) is 12.4. The summed E-state index contributed by atoms with van der Waals surface area (Å²) < 4.78 is 0. The first-order chi connectivity index (χ1) is 8.79. The number of thiazole rings is 1. The quantitative estimate of drug-likeness (QED) is 0.892. The molecule has 2 atom stereocenters. The van der Waals surface area contributed by atoms with E-state index in [1.807, 2.05) is 11.3 Å². The number of nitrogens with zero attached hydrogens (tertiary/aromatic N) is 2. The number of anilines is 1. The molecule has 0 aromatic carbocycles. The van der Waals surface area contributed by atoms with Crippen LogP contribution in [0.25, 0.3) is 0 Å². The minimum Gasteiger partial charge on any atom is -0.345 e. The molecule has 2 N–H and O–H groups in total. The Labute approximate surface area is 113 Å². The molecule has 0 spiro atoms. The standard InChI is InChI=1S/C14H23N3S/c1-2-10-6-3-4-9-17(10)14-16-13-11(15)7-5-8-12(13)18-14/h10-11H,2-9,15H2,1H3. The van der Waals surface area contributed by atoms with E-state index in [1.165, 1.54) is 60.8 Å². The number of piperidine rings is 1. The molecule has 0 radical (unpaired) electrons. The lowest BCUT2D eigenvalue weighted by atomic mass is 9.98. The molecule has 2 heterocycles.